The fourth-order valence-corrected chi connectivity index (χ4v) is 4.43. The van der Waals surface area contributed by atoms with Gasteiger partial charge in [0.15, 0.2) is 5.82 Å². The van der Waals surface area contributed by atoms with Gasteiger partial charge in [0.1, 0.15) is 17.1 Å². The second kappa shape index (κ2) is 11.8. The van der Waals surface area contributed by atoms with Crippen molar-refractivity contribution in [3.63, 3.8) is 0 Å². The van der Waals surface area contributed by atoms with Crippen molar-refractivity contribution in [2.24, 2.45) is 0 Å². The number of amides is 1. The lowest BCUT2D eigenvalue weighted by Crippen LogP contribution is -2.25. The van der Waals surface area contributed by atoms with Crippen LogP contribution < -0.4 is 11.1 Å². The Balaban J connectivity index is 1.63. The minimum absolute atomic E-state index is 0.290. The first kappa shape index (κ1) is 26.0. The van der Waals surface area contributed by atoms with Gasteiger partial charge in [0, 0.05) is 24.9 Å². The van der Waals surface area contributed by atoms with Crippen molar-refractivity contribution in [2.45, 2.75) is 46.1 Å². The number of nitrogen functional groups attached to an aromatic ring is 1. The van der Waals surface area contributed by atoms with Gasteiger partial charge in [-0.3, -0.25) is 4.79 Å². The number of hydrogen-bond acceptors (Lipinski definition) is 6. The Morgan fingerprint density at radius 2 is 1.97 bits per heavy atom. The summed E-state index contributed by atoms with van der Waals surface area (Å²) in [6.07, 6.45) is 8.67. The first-order valence-corrected chi connectivity index (χ1v) is 12.6. The lowest BCUT2D eigenvalue weighted by molar-refractivity contribution is -0.115. The number of fused-ring (bicyclic) bond motifs is 3. The number of aromatic nitrogens is 3. The van der Waals surface area contributed by atoms with Crippen molar-refractivity contribution < 1.29 is 14.6 Å². The van der Waals surface area contributed by atoms with Crippen LogP contribution in [0.25, 0.3) is 21.9 Å². The Kier molecular flexibility index (Phi) is 8.26. The Morgan fingerprint density at radius 3 is 2.73 bits per heavy atom. The number of terminal acetylenes is 1. The molecule has 4 N–H and O–H groups in total. The molecule has 4 aromatic rings. The number of phenols is 1. The lowest BCUT2D eigenvalue weighted by atomic mass is 10.1. The van der Waals surface area contributed by atoms with Gasteiger partial charge in [-0.25, -0.2) is 9.97 Å². The molecular weight excluding hydrogens is 466 g/mol. The van der Waals surface area contributed by atoms with Crippen LogP contribution in [0.15, 0.2) is 36.4 Å². The van der Waals surface area contributed by atoms with Crippen LogP contribution in [0, 0.1) is 19.3 Å². The first-order valence-electron chi connectivity index (χ1n) is 12.6. The van der Waals surface area contributed by atoms with Crippen molar-refractivity contribution in [3.05, 3.63) is 58.9 Å². The number of aromatic hydroxyl groups is 1. The number of imidazole rings is 1. The number of ether oxygens (including phenoxy) is 1. The van der Waals surface area contributed by atoms with E-state index in [1.54, 1.807) is 6.07 Å². The summed E-state index contributed by atoms with van der Waals surface area (Å²) in [5.74, 6) is 3.26. The highest BCUT2D eigenvalue weighted by Crippen LogP contribution is 2.31. The van der Waals surface area contributed by atoms with Crippen LogP contribution in [-0.2, 0) is 28.9 Å². The molecule has 192 valence electrons. The van der Waals surface area contributed by atoms with Crippen LogP contribution in [0.5, 0.6) is 5.75 Å². The van der Waals surface area contributed by atoms with E-state index < -0.39 is 5.91 Å². The Morgan fingerprint density at radius 1 is 1.16 bits per heavy atom. The summed E-state index contributed by atoms with van der Waals surface area (Å²) in [6, 6.07) is 11.9. The minimum atomic E-state index is -0.439. The smallest absolute Gasteiger partial charge is 0.295 e. The number of benzene rings is 2. The molecule has 8 heteroatoms. The minimum Gasteiger partial charge on any atom is -0.508 e. The third-order valence-electron chi connectivity index (χ3n) is 6.40. The topological polar surface area (TPSA) is 115 Å². The van der Waals surface area contributed by atoms with E-state index in [0.29, 0.717) is 38.5 Å². The van der Waals surface area contributed by atoms with E-state index >= 15 is 0 Å². The van der Waals surface area contributed by atoms with Crippen molar-refractivity contribution in [1.82, 2.24) is 19.9 Å². The van der Waals surface area contributed by atoms with Gasteiger partial charge in [-0.05, 0) is 54.5 Å². The fraction of sp³-hybridized carbons (Fsp3) is 0.345. The monoisotopic (exact) mass is 499 g/mol. The van der Waals surface area contributed by atoms with Crippen LogP contribution >= 0.6 is 0 Å². The van der Waals surface area contributed by atoms with E-state index in [2.05, 4.69) is 33.9 Å². The van der Waals surface area contributed by atoms with E-state index in [1.807, 2.05) is 31.0 Å². The van der Waals surface area contributed by atoms with Crippen LogP contribution in [0.1, 0.15) is 42.3 Å². The van der Waals surface area contributed by atoms with Crippen molar-refractivity contribution in [1.29, 1.82) is 0 Å². The van der Waals surface area contributed by atoms with Crippen molar-refractivity contribution in [3.8, 4) is 18.1 Å². The van der Waals surface area contributed by atoms with Gasteiger partial charge in [0.05, 0.1) is 24.2 Å². The predicted octanol–water partition coefficient (Wildman–Crippen LogP) is 3.88. The maximum absolute atomic E-state index is 11.1. The normalized spacial score (nSPS) is 11.2. The van der Waals surface area contributed by atoms with Gasteiger partial charge in [-0.2, -0.15) is 0 Å². The second-order valence-electron chi connectivity index (χ2n) is 9.15. The van der Waals surface area contributed by atoms with Gasteiger partial charge in [0.2, 0.25) is 0 Å². The molecule has 0 aliphatic carbocycles. The number of nitrogens with two attached hydrogens (primary N) is 1. The quantitative estimate of drug-likeness (QED) is 0.213. The molecule has 37 heavy (non-hydrogen) atoms. The summed E-state index contributed by atoms with van der Waals surface area (Å²) in [4.78, 5) is 20.7. The molecule has 0 radical (unpaired) electrons. The van der Waals surface area contributed by atoms with E-state index in [0.717, 1.165) is 63.7 Å². The summed E-state index contributed by atoms with van der Waals surface area (Å²) in [5, 5.41) is 13.5. The van der Waals surface area contributed by atoms with Gasteiger partial charge in [-0.15, -0.1) is 6.42 Å². The highest BCUT2D eigenvalue weighted by Gasteiger charge is 2.18. The number of unbranched alkanes of at least 4 members (excludes halogenated alkanes) is 1. The summed E-state index contributed by atoms with van der Waals surface area (Å²) in [7, 11) is 0. The zero-order valence-corrected chi connectivity index (χ0v) is 21.4. The van der Waals surface area contributed by atoms with Gasteiger partial charge < -0.3 is 25.5 Å². The number of nitrogens with zero attached hydrogens (tertiary/aromatic N) is 3. The zero-order chi connectivity index (χ0) is 26.4. The number of hydrogen-bond donors (Lipinski definition) is 3. The maximum atomic E-state index is 11.1. The number of pyridine rings is 1. The van der Waals surface area contributed by atoms with E-state index in [9.17, 15) is 9.90 Å². The molecule has 0 fully saturated rings. The number of nitrogens with one attached hydrogen (secondary N) is 1. The van der Waals surface area contributed by atoms with Gasteiger partial charge in [-0.1, -0.05) is 37.6 Å². The van der Waals surface area contributed by atoms with Crippen LogP contribution in [-0.4, -0.2) is 45.3 Å². The molecule has 0 saturated heterocycles. The standard InChI is InChI=1S/C29H33N5O3/c1-4-6-7-25-33-27-28(34(25)18-21-9-11-24(35)19(3)16-21)22-10-8-20(17-23(22)32-29(27)30)12-14-37-15-13-31-26(36)5-2/h2,8-11,16-17,35H,4,6-7,12-15,18H2,1,3H3,(H2,30,32)(H,31,36). The number of carbonyl (C=O) groups excluding carboxylic acids is 1. The number of aryl methyl sites for hydroxylation is 2. The highest BCUT2D eigenvalue weighted by molar-refractivity contribution is 6.06. The average molecular weight is 500 g/mol. The van der Waals surface area contributed by atoms with Crippen LogP contribution in [0.3, 0.4) is 0 Å². The van der Waals surface area contributed by atoms with E-state index in [1.165, 1.54) is 0 Å². The maximum Gasteiger partial charge on any atom is 0.295 e. The molecule has 2 aromatic carbocycles. The molecule has 0 aliphatic rings. The molecule has 2 heterocycles. The first-order chi connectivity index (χ1) is 17.9. The summed E-state index contributed by atoms with van der Waals surface area (Å²) in [6.45, 7) is 5.97. The Bertz CT molecular complexity index is 1470. The number of anilines is 1. The molecule has 0 bridgehead atoms. The third kappa shape index (κ3) is 6.01. The van der Waals surface area contributed by atoms with E-state index in [4.69, 9.17) is 21.9 Å². The summed E-state index contributed by atoms with van der Waals surface area (Å²) < 4.78 is 7.86. The summed E-state index contributed by atoms with van der Waals surface area (Å²) >= 11 is 0. The van der Waals surface area contributed by atoms with Crippen molar-refractivity contribution >= 4 is 33.7 Å². The third-order valence-corrected chi connectivity index (χ3v) is 6.40. The second-order valence-corrected chi connectivity index (χ2v) is 9.15. The van der Waals surface area contributed by atoms with Crippen molar-refractivity contribution in [2.75, 3.05) is 25.5 Å². The molecule has 2 aromatic heterocycles. The molecule has 8 nitrogen and oxygen atoms in total. The van der Waals surface area contributed by atoms with Gasteiger partial charge >= 0.3 is 0 Å². The molecule has 0 spiro atoms. The highest BCUT2D eigenvalue weighted by atomic mass is 16.5. The zero-order valence-electron chi connectivity index (χ0n) is 21.4. The molecule has 1 amide bonds. The lowest BCUT2D eigenvalue weighted by Gasteiger charge is -2.13. The number of rotatable bonds is 11. The Hall–Kier alpha value is -4.09. The molecule has 0 saturated carbocycles. The number of carbonyl (C=O) groups is 1. The molecule has 0 unspecified atom stereocenters. The molecule has 0 atom stereocenters. The van der Waals surface area contributed by atoms with E-state index in [-0.39, 0.29) is 5.75 Å². The number of phenolic OH excluding ortho intramolecular Hbond substituents is 1. The molecular formula is C29H33N5O3. The Labute approximate surface area is 216 Å². The van der Waals surface area contributed by atoms with Crippen LogP contribution in [0.4, 0.5) is 5.82 Å². The average Bonchev–Trinajstić information content (AvgIpc) is 3.25. The summed E-state index contributed by atoms with van der Waals surface area (Å²) in [5.41, 5.74) is 11.9. The van der Waals surface area contributed by atoms with Crippen LogP contribution in [0.2, 0.25) is 0 Å². The molecule has 4 rings (SSSR count). The largest absolute Gasteiger partial charge is 0.508 e. The molecule has 0 aliphatic heterocycles. The van der Waals surface area contributed by atoms with Gasteiger partial charge in [0.25, 0.3) is 5.91 Å². The SMILES string of the molecule is C#CC(=O)NCCOCCc1ccc2c(c1)nc(N)c1nc(CCCC)n(Cc3ccc(O)c(C)c3)c12. The fourth-order valence-electron chi connectivity index (χ4n) is 4.43. The predicted molar refractivity (Wildman–Crippen MR) is 146 cm³/mol.